The molecular weight excluding hydrogens is 256 g/mol. The second kappa shape index (κ2) is 4.57. The zero-order valence-electron chi connectivity index (χ0n) is 8.40. The molecule has 2 rings (SSSR count). The van der Waals surface area contributed by atoms with Crippen LogP contribution < -0.4 is 0 Å². The van der Waals surface area contributed by atoms with Crippen LogP contribution in [0.5, 0.6) is 0 Å². The Hall–Kier alpha value is -1.16. The zero-order chi connectivity index (χ0) is 10.7. The molecule has 0 bridgehead atoms. The van der Waals surface area contributed by atoms with Crippen molar-refractivity contribution >= 4 is 15.9 Å². The zero-order valence-corrected chi connectivity index (χ0v) is 9.99. The Balaban J connectivity index is 1.96. The molecule has 0 N–H and O–H groups in total. The number of aryl methyl sites for hydroxylation is 3. The monoisotopic (exact) mass is 266 g/mol. The van der Waals surface area contributed by atoms with Crippen LogP contribution in [0.3, 0.4) is 0 Å². The predicted molar refractivity (Wildman–Crippen MR) is 60.6 cm³/mol. The van der Waals surface area contributed by atoms with Gasteiger partial charge in [-0.3, -0.25) is 0 Å². The van der Waals surface area contributed by atoms with Gasteiger partial charge in [0.2, 0.25) is 5.89 Å². The van der Waals surface area contributed by atoms with Crippen molar-refractivity contribution in [2.24, 2.45) is 0 Å². The molecule has 15 heavy (non-hydrogen) atoms. The van der Waals surface area contributed by atoms with Crippen molar-refractivity contribution in [2.45, 2.75) is 19.8 Å². The van der Waals surface area contributed by atoms with E-state index in [-0.39, 0.29) is 0 Å². The highest BCUT2D eigenvalue weighted by molar-refractivity contribution is 9.10. The molecule has 78 valence electrons. The van der Waals surface area contributed by atoms with Crippen molar-refractivity contribution < 1.29 is 4.42 Å². The van der Waals surface area contributed by atoms with Crippen molar-refractivity contribution in [1.82, 2.24) is 10.2 Å². The fourth-order valence-corrected chi connectivity index (χ4v) is 1.61. The third-order valence-corrected chi connectivity index (χ3v) is 2.51. The Labute approximate surface area is 96.7 Å². The molecule has 0 radical (unpaired) electrons. The normalized spacial score (nSPS) is 10.5. The van der Waals surface area contributed by atoms with Gasteiger partial charge >= 0.3 is 0 Å². The molecule has 4 heteroatoms. The molecule has 0 amide bonds. The van der Waals surface area contributed by atoms with Gasteiger partial charge in [0.05, 0.1) is 0 Å². The van der Waals surface area contributed by atoms with E-state index < -0.39 is 0 Å². The summed E-state index contributed by atoms with van der Waals surface area (Å²) in [6, 6.07) is 8.47. The van der Waals surface area contributed by atoms with E-state index in [0.29, 0.717) is 10.7 Å². The van der Waals surface area contributed by atoms with Crippen LogP contribution in [0.2, 0.25) is 0 Å². The molecule has 0 spiro atoms. The van der Waals surface area contributed by atoms with Crippen LogP contribution in [0, 0.1) is 6.92 Å². The molecule has 1 heterocycles. The second-order valence-corrected chi connectivity index (χ2v) is 4.11. The van der Waals surface area contributed by atoms with E-state index in [9.17, 15) is 0 Å². The van der Waals surface area contributed by atoms with Crippen molar-refractivity contribution in [3.05, 3.63) is 46.1 Å². The minimum absolute atomic E-state index is 0.446. The number of nitrogens with zero attached hydrogens (tertiary/aromatic N) is 2. The number of benzene rings is 1. The SMILES string of the molecule is Cc1ccc(CCc2nnc(Br)o2)cc1. The third kappa shape index (κ3) is 2.89. The van der Waals surface area contributed by atoms with Gasteiger partial charge in [-0.15, -0.1) is 10.2 Å². The van der Waals surface area contributed by atoms with E-state index in [1.54, 1.807) is 0 Å². The van der Waals surface area contributed by atoms with Crippen molar-refractivity contribution in [2.75, 3.05) is 0 Å². The van der Waals surface area contributed by atoms with Gasteiger partial charge in [0.25, 0.3) is 4.80 Å². The van der Waals surface area contributed by atoms with Crippen LogP contribution in [-0.2, 0) is 12.8 Å². The summed E-state index contributed by atoms with van der Waals surface area (Å²) in [7, 11) is 0. The summed E-state index contributed by atoms with van der Waals surface area (Å²) in [5.74, 6) is 0.669. The number of aromatic nitrogens is 2. The largest absolute Gasteiger partial charge is 0.416 e. The van der Waals surface area contributed by atoms with E-state index in [1.165, 1.54) is 11.1 Å². The third-order valence-electron chi connectivity index (χ3n) is 2.19. The summed E-state index contributed by atoms with van der Waals surface area (Å²) in [6.45, 7) is 2.08. The first-order chi connectivity index (χ1) is 7.24. The average molecular weight is 267 g/mol. The lowest BCUT2D eigenvalue weighted by atomic mass is 10.1. The highest BCUT2D eigenvalue weighted by atomic mass is 79.9. The quantitative estimate of drug-likeness (QED) is 0.858. The fraction of sp³-hybridized carbons (Fsp3) is 0.273. The topological polar surface area (TPSA) is 38.9 Å². The molecule has 0 aliphatic rings. The summed E-state index contributed by atoms with van der Waals surface area (Å²) >= 11 is 3.13. The van der Waals surface area contributed by atoms with Crippen LogP contribution in [0.25, 0.3) is 0 Å². The van der Waals surface area contributed by atoms with Gasteiger partial charge in [-0.05, 0) is 18.9 Å². The lowest BCUT2D eigenvalue weighted by Crippen LogP contribution is -1.91. The molecule has 0 saturated heterocycles. The molecular formula is C11H11BrN2O. The molecule has 0 unspecified atom stereocenters. The highest BCUT2D eigenvalue weighted by Gasteiger charge is 2.03. The van der Waals surface area contributed by atoms with Gasteiger partial charge in [0, 0.05) is 22.4 Å². The van der Waals surface area contributed by atoms with Gasteiger partial charge in [-0.25, -0.2) is 0 Å². The maximum Gasteiger partial charge on any atom is 0.284 e. The summed E-state index contributed by atoms with van der Waals surface area (Å²) < 4.78 is 5.22. The number of rotatable bonds is 3. The maximum absolute atomic E-state index is 5.22. The summed E-state index contributed by atoms with van der Waals surface area (Å²) in [4.78, 5) is 0.446. The Morgan fingerprint density at radius 1 is 1.13 bits per heavy atom. The van der Waals surface area contributed by atoms with Crippen LogP contribution in [0.1, 0.15) is 17.0 Å². The lowest BCUT2D eigenvalue weighted by molar-refractivity contribution is 0.471. The standard InChI is InChI=1S/C11H11BrN2O/c1-8-2-4-9(5-3-8)6-7-10-13-14-11(12)15-10/h2-5H,6-7H2,1H3. The van der Waals surface area contributed by atoms with E-state index in [0.717, 1.165) is 12.8 Å². The first-order valence-electron chi connectivity index (χ1n) is 4.77. The smallest absolute Gasteiger partial charge is 0.284 e. The van der Waals surface area contributed by atoms with E-state index in [4.69, 9.17) is 4.42 Å². The maximum atomic E-state index is 5.22. The van der Waals surface area contributed by atoms with Crippen LogP contribution in [0.15, 0.2) is 33.5 Å². The van der Waals surface area contributed by atoms with Gasteiger partial charge in [-0.2, -0.15) is 0 Å². The Morgan fingerprint density at radius 2 is 1.87 bits per heavy atom. The summed E-state index contributed by atoms with van der Waals surface area (Å²) in [5.41, 5.74) is 2.56. The van der Waals surface area contributed by atoms with E-state index >= 15 is 0 Å². The molecule has 1 aromatic heterocycles. The molecule has 0 aliphatic carbocycles. The first-order valence-corrected chi connectivity index (χ1v) is 5.57. The van der Waals surface area contributed by atoms with Crippen LogP contribution in [-0.4, -0.2) is 10.2 Å². The predicted octanol–water partition coefficient (Wildman–Crippen LogP) is 2.93. The minimum atomic E-state index is 0.446. The van der Waals surface area contributed by atoms with Crippen molar-refractivity contribution in [1.29, 1.82) is 0 Å². The van der Waals surface area contributed by atoms with Crippen LogP contribution >= 0.6 is 15.9 Å². The number of hydrogen-bond acceptors (Lipinski definition) is 3. The van der Waals surface area contributed by atoms with E-state index in [2.05, 4.69) is 57.3 Å². The summed E-state index contributed by atoms with van der Waals surface area (Å²) in [5, 5.41) is 7.63. The number of hydrogen-bond donors (Lipinski definition) is 0. The second-order valence-electron chi connectivity index (χ2n) is 3.43. The molecule has 1 aromatic carbocycles. The number of halogens is 1. The van der Waals surface area contributed by atoms with Crippen molar-refractivity contribution in [3.8, 4) is 0 Å². The van der Waals surface area contributed by atoms with Gasteiger partial charge in [0.1, 0.15) is 0 Å². The molecule has 2 aromatic rings. The van der Waals surface area contributed by atoms with E-state index in [1.807, 2.05) is 0 Å². The Morgan fingerprint density at radius 3 is 2.47 bits per heavy atom. The molecule has 0 atom stereocenters. The fourth-order valence-electron chi connectivity index (χ4n) is 1.34. The van der Waals surface area contributed by atoms with Crippen LogP contribution in [0.4, 0.5) is 0 Å². The Bertz CT molecular complexity index is 436. The average Bonchev–Trinajstić information content (AvgIpc) is 2.64. The van der Waals surface area contributed by atoms with Gasteiger partial charge in [-0.1, -0.05) is 29.8 Å². The van der Waals surface area contributed by atoms with Crippen molar-refractivity contribution in [3.63, 3.8) is 0 Å². The molecule has 3 nitrogen and oxygen atoms in total. The summed E-state index contributed by atoms with van der Waals surface area (Å²) in [6.07, 6.45) is 1.70. The van der Waals surface area contributed by atoms with Gasteiger partial charge in [0.15, 0.2) is 0 Å². The lowest BCUT2D eigenvalue weighted by Gasteiger charge is -1.98. The highest BCUT2D eigenvalue weighted by Crippen LogP contribution is 2.10. The van der Waals surface area contributed by atoms with Gasteiger partial charge < -0.3 is 4.42 Å². The molecule has 0 aliphatic heterocycles. The molecule has 0 saturated carbocycles. The minimum Gasteiger partial charge on any atom is -0.416 e. The Kier molecular flexibility index (Phi) is 3.16. The first kappa shape index (κ1) is 10.4. The molecule has 0 fully saturated rings.